The summed E-state index contributed by atoms with van der Waals surface area (Å²) >= 11 is 1.63. The van der Waals surface area contributed by atoms with Gasteiger partial charge in [0.25, 0.3) is 5.91 Å². The first-order valence-electron chi connectivity index (χ1n) is 8.56. The van der Waals surface area contributed by atoms with Crippen molar-refractivity contribution < 1.29 is 9.53 Å². The summed E-state index contributed by atoms with van der Waals surface area (Å²) in [6, 6.07) is 12.0. The number of fused-ring (bicyclic) bond motifs is 1. The van der Waals surface area contributed by atoms with Gasteiger partial charge in [-0.3, -0.25) is 4.79 Å². The second-order valence-electron chi connectivity index (χ2n) is 6.40. The molecule has 5 heteroatoms. The third-order valence-electron chi connectivity index (χ3n) is 4.50. The number of aryl methyl sites for hydroxylation is 1. The Kier molecular flexibility index (Phi) is 4.51. The van der Waals surface area contributed by atoms with Crippen LogP contribution in [0.4, 0.5) is 0 Å². The fourth-order valence-electron chi connectivity index (χ4n) is 3.19. The molecule has 25 heavy (non-hydrogen) atoms. The normalized spacial score (nSPS) is 17.1. The summed E-state index contributed by atoms with van der Waals surface area (Å²) in [6.45, 7) is 3.38. The van der Waals surface area contributed by atoms with E-state index in [1.165, 1.54) is 0 Å². The Hall–Kier alpha value is -2.24. The van der Waals surface area contributed by atoms with Gasteiger partial charge in [0.2, 0.25) is 0 Å². The molecule has 1 aliphatic heterocycles. The molecule has 0 saturated carbocycles. The number of amides is 1. The molecule has 128 valence electrons. The largest absolute Gasteiger partial charge is 0.376 e. The molecule has 1 fully saturated rings. The van der Waals surface area contributed by atoms with Gasteiger partial charge in [0.05, 0.1) is 27.8 Å². The molecule has 0 aliphatic carbocycles. The van der Waals surface area contributed by atoms with Gasteiger partial charge >= 0.3 is 0 Å². The van der Waals surface area contributed by atoms with Gasteiger partial charge in [-0.25, -0.2) is 4.98 Å². The molecule has 3 aromatic rings. The summed E-state index contributed by atoms with van der Waals surface area (Å²) in [6.07, 6.45) is 2.22. The van der Waals surface area contributed by atoms with Crippen molar-refractivity contribution in [2.75, 3.05) is 13.2 Å². The lowest BCUT2D eigenvalue weighted by atomic mass is 10.0. The maximum absolute atomic E-state index is 12.9. The van der Waals surface area contributed by atoms with E-state index in [4.69, 9.17) is 9.72 Å². The number of hydrogen-bond donors (Lipinski definition) is 1. The molecule has 0 bridgehead atoms. The summed E-state index contributed by atoms with van der Waals surface area (Å²) in [5.41, 5.74) is 3.48. The van der Waals surface area contributed by atoms with Crippen molar-refractivity contribution in [1.82, 2.24) is 10.3 Å². The highest BCUT2D eigenvalue weighted by Gasteiger charge is 2.19. The zero-order chi connectivity index (χ0) is 17.2. The number of carbonyl (C=O) groups excluding carboxylic acids is 1. The van der Waals surface area contributed by atoms with Crippen molar-refractivity contribution in [2.24, 2.45) is 0 Å². The van der Waals surface area contributed by atoms with Crippen LogP contribution in [-0.2, 0) is 4.74 Å². The summed E-state index contributed by atoms with van der Waals surface area (Å²) in [5.74, 6) is -0.0636. The highest BCUT2D eigenvalue weighted by Crippen LogP contribution is 2.28. The maximum Gasteiger partial charge on any atom is 0.252 e. The monoisotopic (exact) mass is 352 g/mol. The average molecular weight is 352 g/mol. The number of hydrogen-bond acceptors (Lipinski definition) is 4. The van der Waals surface area contributed by atoms with Gasteiger partial charge in [-0.1, -0.05) is 17.7 Å². The Balaban J connectivity index is 1.71. The van der Waals surface area contributed by atoms with Crippen LogP contribution in [0.1, 0.15) is 28.8 Å². The second-order valence-corrected chi connectivity index (χ2v) is 7.35. The van der Waals surface area contributed by atoms with Crippen LogP contribution in [0.5, 0.6) is 0 Å². The molecule has 1 amide bonds. The molecule has 1 N–H and O–H groups in total. The maximum atomic E-state index is 12.9. The predicted octanol–water partition coefficient (Wildman–Crippen LogP) is 4.18. The van der Waals surface area contributed by atoms with Crippen molar-refractivity contribution in [3.05, 3.63) is 52.9 Å². The number of rotatable bonds is 4. The van der Waals surface area contributed by atoms with Gasteiger partial charge in [0, 0.05) is 18.5 Å². The van der Waals surface area contributed by atoms with E-state index in [-0.39, 0.29) is 12.0 Å². The Bertz CT molecular complexity index is 899. The molecule has 1 aromatic carbocycles. The van der Waals surface area contributed by atoms with Gasteiger partial charge in [0.1, 0.15) is 0 Å². The molecule has 2 aromatic heterocycles. The summed E-state index contributed by atoms with van der Waals surface area (Å²) in [5, 5.41) is 5.95. The third-order valence-corrected chi connectivity index (χ3v) is 5.39. The fraction of sp³-hybridized carbons (Fsp3) is 0.300. The van der Waals surface area contributed by atoms with Crippen LogP contribution >= 0.6 is 11.3 Å². The first-order chi connectivity index (χ1) is 12.2. The van der Waals surface area contributed by atoms with Crippen LogP contribution in [-0.4, -0.2) is 30.1 Å². The standard InChI is InChI=1S/C20H20N2O2S/c1-13-6-7-17-15(10-13)16(11-18(22-17)19-5-3-9-25-19)20(23)21-12-14-4-2-8-24-14/h3,5-7,9-11,14H,2,4,8,12H2,1H3,(H,21,23). The van der Waals surface area contributed by atoms with Crippen LogP contribution in [0, 0.1) is 6.92 Å². The van der Waals surface area contributed by atoms with E-state index >= 15 is 0 Å². The number of benzene rings is 1. The first-order valence-corrected chi connectivity index (χ1v) is 9.44. The van der Waals surface area contributed by atoms with E-state index < -0.39 is 0 Å². The molecule has 4 nitrogen and oxygen atoms in total. The lowest BCUT2D eigenvalue weighted by molar-refractivity contribution is 0.0859. The minimum absolute atomic E-state index is 0.0636. The minimum atomic E-state index is -0.0636. The Morgan fingerprint density at radius 1 is 1.36 bits per heavy atom. The quantitative estimate of drug-likeness (QED) is 0.766. The van der Waals surface area contributed by atoms with Crippen LogP contribution in [0.25, 0.3) is 21.5 Å². The number of pyridine rings is 1. The first kappa shape index (κ1) is 16.2. The Morgan fingerprint density at radius 2 is 2.28 bits per heavy atom. The fourth-order valence-corrected chi connectivity index (χ4v) is 3.87. The number of nitrogens with one attached hydrogen (secondary N) is 1. The topological polar surface area (TPSA) is 51.2 Å². The molecule has 0 spiro atoms. The Labute approximate surface area is 150 Å². The lowest BCUT2D eigenvalue weighted by Crippen LogP contribution is -2.32. The molecule has 1 atom stereocenters. The van der Waals surface area contributed by atoms with Gasteiger partial charge < -0.3 is 10.1 Å². The number of aromatic nitrogens is 1. The van der Waals surface area contributed by atoms with Crippen molar-refractivity contribution in [3.8, 4) is 10.6 Å². The molecule has 1 unspecified atom stereocenters. The second kappa shape index (κ2) is 6.94. The van der Waals surface area contributed by atoms with Crippen molar-refractivity contribution in [1.29, 1.82) is 0 Å². The van der Waals surface area contributed by atoms with Crippen LogP contribution in [0.2, 0.25) is 0 Å². The van der Waals surface area contributed by atoms with E-state index in [1.807, 2.05) is 48.7 Å². The smallest absolute Gasteiger partial charge is 0.252 e. The van der Waals surface area contributed by atoms with Gasteiger partial charge in [0.15, 0.2) is 0 Å². The number of nitrogens with zero attached hydrogens (tertiary/aromatic N) is 1. The van der Waals surface area contributed by atoms with E-state index in [0.29, 0.717) is 12.1 Å². The van der Waals surface area contributed by atoms with Crippen LogP contribution in [0.15, 0.2) is 41.8 Å². The zero-order valence-electron chi connectivity index (χ0n) is 14.1. The van der Waals surface area contributed by atoms with Crippen molar-refractivity contribution in [3.63, 3.8) is 0 Å². The molecule has 4 rings (SSSR count). The summed E-state index contributed by atoms with van der Waals surface area (Å²) < 4.78 is 5.60. The Morgan fingerprint density at radius 3 is 3.04 bits per heavy atom. The highest BCUT2D eigenvalue weighted by molar-refractivity contribution is 7.13. The van der Waals surface area contributed by atoms with Crippen molar-refractivity contribution >= 4 is 28.1 Å². The van der Waals surface area contributed by atoms with E-state index in [2.05, 4.69) is 5.32 Å². The average Bonchev–Trinajstić information content (AvgIpc) is 3.32. The zero-order valence-corrected chi connectivity index (χ0v) is 14.9. The third kappa shape index (κ3) is 3.43. The van der Waals surface area contributed by atoms with Crippen molar-refractivity contribution in [2.45, 2.75) is 25.9 Å². The summed E-state index contributed by atoms with van der Waals surface area (Å²) in [7, 11) is 0. The van der Waals surface area contributed by atoms with Gasteiger partial charge in [-0.15, -0.1) is 11.3 Å². The number of carbonyl (C=O) groups is 1. The molecule has 0 radical (unpaired) electrons. The summed E-state index contributed by atoms with van der Waals surface area (Å²) in [4.78, 5) is 18.7. The highest BCUT2D eigenvalue weighted by atomic mass is 32.1. The number of thiophene rings is 1. The number of ether oxygens (including phenoxy) is 1. The van der Waals surface area contributed by atoms with Gasteiger partial charge in [-0.2, -0.15) is 0 Å². The van der Waals surface area contributed by atoms with E-state index in [9.17, 15) is 4.79 Å². The molecule has 1 aliphatic rings. The molecule has 1 saturated heterocycles. The van der Waals surface area contributed by atoms with Crippen LogP contribution in [0.3, 0.4) is 0 Å². The lowest BCUT2D eigenvalue weighted by Gasteiger charge is -2.13. The van der Waals surface area contributed by atoms with E-state index in [0.717, 1.165) is 46.5 Å². The molecular formula is C20H20N2O2S. The molecule has 3 heterocycles. The van der Waals surface area contributed by atoms with Crippen LogP contribution < -0.4 is 5.32 Å². The van der Waals surface area contributed by atoms with E-state index in [1.54, 1.807) is 11.3 Å². The van der Waals surface area contributed by atoms with Gasteiger partial charge in [-0.05, 0) is 49.4 Å². The minimum Gasteiger partial charge on any atom is -0.376 e. The predicted molar refractivity (Wildman–Crippen MR) is 101 cm³/mol. The molecular weight excluding hydrogens is 332 g/mol. The SMILES string of the molecule is Cc1ccc2nc(-c3cccs3)cc(C(=O)NCC3CCCO3)c2c1.